The van der Waals surface area contributed by atoms with E-state index in [4.69, 9.17) is 0 Å². The first-order chi connectivity index (χ1) is 22.8. The van der Waals surface area contributed by atoms with E-state index < -0.39 is 68.7 Å². The molecule has 0 amide bonds. The van der Waals surface area contributed by atoms with Crippen LogP contribution in [0.5, 0.6) is 12.0 Å². The molecule has 254 valence electrons. The number of aryl methyl sites for hydroxylation is 2. The number of aromatic nitrogens is 3. The smallest absolute Gasteiger partial charge is 0.844 e. The van der Waals surface area contributed by atoms with Crippen molar-refractivity contribution in [2.24, 2.45) is 20.5 Å². The van der Waals surface area contributed by atoms with Crippen molar-refractivity contribution in [1.29, 1.82) is 0 Å². The minimum atomic E-state index is -4.99. The molecule has 0 radical (unpaired) electrons. The van der Waals surface area contributed by atoms with Gasteiger partial charge in [0, 0.05) is 10.8 Å². The van der Waals surface area contributed by atoms with Crippen LogP contribution in [-0.2, 0) is 30.4 Å². The number of benzene rings is 4. The Morgan fingerprint density at radius 3 is 1.67 bits per heavy atom. The maximum atomic E-state index is 12.3. The number of hydrogen-bond donors (Lipinski definition) is 3. The molecule has 1 heterocycles. The molecule has 52 heavy (non-hydrogen) atoms. The van der Waals surface area contributed by atoms with E-state index in [1.165, 1.54) is 36.4 Å². The van der Waals surface area contributed by atoms with Crippen LogP contribution in [0.2, 0.25) is 0 Å². The second-order valence-electron chi connectivity index (χ2n) is 10.0. The van der Waals surface area contributed by atoms with Crippen LogP contribution in [-0.4, -0.2) is 53.9 Å². The topological polar surface area (TPSA) is 312 Å². The molecule has 1 aromatic heterocycles. The van der Waals surface area contributed by atoms with Crippen molar-refractivity contribution >= 4 is 75.5 Å². The summed E-state index contributed by atoms with van der Waals surface area (Å²) in [5.41, 5.74) is 0.875. The molecule has 25 heteroatoms. The van der Waals surface area contributed by atoms with Crippen molar-refractivity contribution in [3.05, 3.63) is 71.8 Å². The van der Waals surface area contributed by atoms with Gasteiger partial charge >= 0.3 is 88.7 Å². The number of anilines is 2. The van der Waals surface area contributed by atoms with E-state index in [1.54, 1.807) is 13.8 Å². The van der Waals surface area contributed by atoms with Gasteiger partial charge in [-0.2, -0.15) is 27.1 Å². The molecule has 19 nitrogen and oxygen atoms in total. The molecule has 0 atom stereocenters. The number of hydrogen-bond acceptors (Lipinski definition) is 17. The molecule has 0 aliphatic carbocycles. The monoisotopic (exact) mass is 796 g/mol. The molecule has 4 aromatic carbocycles. The van der Waals surface area contributed by atoms with Gasteiger partial charge in [-0.05, 0) is 73.5 Å². The van der Waals surface area contributed by atoms with Gasteiger partial charge < -0.3 is 20.1 Å². The number of nitrogens with zero attached hydrogens (tertiary/aromatic N) is 7. The average Bonchev–Trinajstić information content (AvgIpc) is 2.99. The molecule has 5 aromatic rings. The van der Waals surface area contributed by atoms with E-state index in [0.717, 1.165) is 6.07 Å². The molecule has 3 N–H and O–H groups in total. The molecule has 0 fully saturated rings. The number of fused-ring (bicyclic) bond motifs is 1. The second kappa shape index (κ2) is 17.7. The summed E-state index contributed by atoms with van der Waals surface area (Å²) in [7, 11) is -14.7. The Labute approximate surface area is 362 Å². The summed E-state index contributed by atoms with van der Waals surface area (Å²) in [5, 5.41) is 42.1. The van der Waals surface area contributed by atoms with Crippen LogP contribution in [0.25, 0.3) is 10.8 Å². The Hall–Kier alpha value is -2.52. The van der Waals surface area contributed by atoms with Crippen molar-refractivity contribution in [3.63, 3.8) is 0 Å². The number of rotatable bonds is 9. The zero-order valence-electron chi connectivity index (χ0n) is 27.7. The summed E-state index contributed by atoms with van der Waals surface area (Å²) in [5.74, 6) is -0.466. The fraction of sp³-hybridized carbons (Fsp3) is 0.0741. The van der Waals surface area contributed by atoms with E-state index >= 15 is 0 Å². The van der Waals surface area contributed by atoms with Crippen LogP contribution in [0.15, 0.2) is 95.8 Å². The van der Waals surface area contributed by atoms with Crippen LogP contribution < -0.4 is 104 Å². The van der Waals surface area contributed by atoms with Crippen LogP contribution >= 0.6 is 0 Å². The van der Waals surface area contributed by atoms with Crippen molar-refractivity contribution in [2.45, 2.75) is 28.5 Å². The Morgan fingerprint density at radius 2 is 1.15 bits per heavy atom. The van der Waals surface area contributed by atoms with E-state index in [1.807, 2.05) is 0 Å². The van der Waals surface area contributed by atoms with Crippen LogP contribution in [0.1, 0.15) is 11.1 Å². The molecule has 0 saturated heterocycles. The first kappa shape index (κ1) is 45.6. The maximum Gasteiger partial charge on any atom is 1.00 e. The van der Waals surface area contributed by atoms with Crippen LogP contribution in [0.3, 0.4) is 0 Å². The van der Waals surface area contributed by atoms with Gasteiger partial charge in [-0.3, -0.25) is 9.11 Å². The molecule has 0 aliphatic heterocycles. The predicted molar refractivity (Wildman–Crippen MR) is 164 cm³/mol. The predicted octanol–water partition coefficient (Wildman–Crippen LogP) is -5.23. The minimum Gasteiger partial charge on any atom is -0.844 e. The van der Waals surface area contributed by atoms with Crippen molar-refractivity contribution < 1.29 is 138 Å². The summed E-state index contributed by atoms with van der Waals surface area (Å²) in [4.78, 5) is 7.86. The molecular formula is C27H19N8Na3O11S3. The second-order valence-corrected chi connectivity index (χ2v) is 14.2. The van der Waals surface area contributed by atoms with Gasteiger partial charge in [0.25, 0.3) is 20.2 Å². The minimum absolute atomic E-state index is 0. The molecular weight excluding hydrogens is 778 g/mol. The van der Waals surface area contributed by atoms with E-state index in [0.29, 0.717) is 35.0 Å². The fourth-order valence-corrected chi connectivity index (χ4v) is 6.27. The first-order valence-electron chi connectivity index (χ1n) is 13.2. The maximum absolute atomic E-state index is 12.3. The van der Waals surface area contributed by atoms with Gasteiger partial charge in [0.1, 0.15) is 25.6 Å². The first-order valence-corrected chi connectivity index (χ1v) is 17.5. The van der Waals surface area contributed by atoms with Crippen molar-refractivity contribution in [2.75, 3.05) is 5.32 Å². The Balaban J connectivity index is 0.00000312. The third kappa shape index (κ3) is 10.8. The third-order valence-electron chi connectivity index (χ3n) is 6.64. The number of azo groups is 2. The Kier molecular flexibility index (Phi) is 15.6. The van der Waals surface area contributed by atoms with Crippen molar-refractivity contribution in [1.82, 2.24) is 15.0 Å². The third-order valence-corrected chi connectivity index (χ3v) is 9.27. The zero-order chi connectivity index (χ0) is 35.9. The Morgan fingerprint density at radius 1 is 0.635 bits per heavy atom. The average molecular weight is 797 g/mol. The van der Waals surface area contributed by atoms with Gasteiger partial charge in [-0.15, -0.1) is 10.2 Å². The number of nitrogens with one attached hydrogen (secondary N) is 1. The normalized spacial score (nSPS) is 11.9. The fourth-order valence-electron chi connectivity index (χ4n) is 4.44. The zero-order valence-corrected chi connectivity index (χ0v) is 36.1. The summed E-state index contributed by atoms with van der Waals surface area (Å²) in [6, 6.07) is 9.52. The molecule has 5 rings (SSSR count). The van der Waals surface area contributed by atoms with Crippen molar-refractivity contribution in [3.8, 4) is 12.0 Å². The Bertz CT molecular complexity index is 2560. The van der Waals surface area contributed by atoms with Gasteiger partial charge in [-0.25, -0.2) is 23.4 Å². The van der Waals surface area contributed by atoms with E-state index in [9.17, 15) is 49.1 Å². The molecule has 0 bridgehead atoms. The molecule has 0 unspecified atom stereocenters. The SMILES string of the molecule is Cc1cc(N=Nc2ccc(Nc3nc([O-])nc([O-])n3)c3c(S(=O)(=O)O)cccc23)c(C)cc1N=Nc1cc(S(=O)(=O)[O-])ccc1S(=O)(=O)O.[Na+].[Na+].[Na+]. The molecule has 0 spiro atoms. The van der Waals surface area contributed by atoms with E-state index in [-0.39, 0.29) is 117 Å². The van der Waals surface area contributed by atoms with Crippen LogP contribution in [0, 0.1) is 13.8 Å². The quantitative estimate of drug-likeness (QED) is 0.0713. The standard InChI is InChI=1S/C27H22N8O11S3.3Na/c1-13-11-20(34-35-21-12-15(47(38,39)40)6-9-22(21)48(41,42)43)14(2)10-19(13)33-32-17-7-8-18(28-25-29-26(36)31-27(37)30-25)24-16(17)4-3-5-23(24)49(44,45)46;;;/h3-12H,1-2H3,(H,38,39,40)(H,41,42,43)(H,44,45,46)(H3,28,29,30,31,36,37);;;/q;3*+1/p-3. The van der Waals surface area contributed by atoms with E-state index in [2.05, 4.69) is 40.7 Å². The molecule has 0 saturated carbocycles. The summed E-state index contributed by atoms with van der Waals surface area (Å²) < 4.78 is 102. The summed E-state index contributed by atoms with van der Waals surface area (Å²) >= 11 is 0. The van der Waals surface area contributed by atoms with Gasteiger partial charge in [0.05, 0.1) is 39.7 Å². The van der Waals surface area contributed by atoms with Gasteiger partial charge in [0.2, 0.25) is 5.95 Å². The van der Waals surface area contributed by atoms with Gasteiger partial charge in [0.15, 0.2) is 0 Å². The summed E-state index contributed by atoms with van der Waals surface area (Å²) in [6.07, 6.45) is 0. The largest absolute Gasteiger partial charge is 1.00 e. The van der Waals surface area contributed by atoms with Gasteiger partial charge in [-0.1, -0.05) is 12.1 Å². The summed E-state index contributed by atoms with van der Waals surface area (Å²) in [6.45, 7) is 3.21. The molecule has 0 aliphatic rings. The van der Waals surface area contributed by atoms with Crippen LogP contribution in [0.4, 0.5) is 34.4 Å².